The third-order valence-corrected chi connectivity index (χ3v) is 5.11. The van der Waals surface area contributed by atoms with Crippen molar-refractivity contribution < 1.29 is 9.21 Å². The van der Waals surface area contributed by atoms with E-state index in [-0.39, 0.29) is 5.91 Å². The van der Waals surface area contributed by atoms with Crippen LogP contribution in [-0.2, 0) is 11.3 Å². The number of amidine groups is 1. The maximum absolute atomic E-state index is 13.0. The first kappa shape index (κ1) is 17.8. The van der Waals surface area contributed by atoms with E-state index in [1.807, 2.05) is 54.6 Å². The summed E-state index contributed by atoms with van der Waals surface area (Å²) in [6, 6.07) is 22.4. The predicted octanol–water partition coefficient (Wildman–Crippen LogP) is 4.96. The molecule has 2 heterocycles. The van der Waals surface area contributed by atoms with E-state index in [9.17, 15) is 4.79 Å². The fourth-order valence-electron chi connectivity index (χ4n) is 2.71. The number of amides is 1. The molecular weight excluding hydrogens is 370 g/mol. The van der Waals surface area contributed by atoms with Crippen LogP contribution in [-0.4, -0.2) is 16.0 Å². The maximum atomic E-state index is 13.0. The van der Waals surface area contributed by atoms with Crippen molar-refractivity contribution in [2.75, 3.05) is 0 Å². The molecule has 0 aliphatic carbocycles. The summed E-state index contributed by atoms with van der Waals surface area (Å²) in [5.41, 5.74) is 2.22. The van der Waals surface area contributed by atoms with Gasteiger partial charge in [0.05, 0.1) is 35.0 Å². The molecule has 1 fully saturated rings. The van der Waals surface area contributed by atoms with E-state index in [1.54, 1.807) is 29.4 Å². The van der Waals surface area contributed by atoms with Crippen LogP contribution in [0.15, 0.2) is 87.3 Å². The topological polar surface area (TPSA) is 69.6 Å². The number of furan rings is 1. The fourth-order valence-corrected chi connectivity index (χ4v) is 3.71. The molecule has 0 bridgehead atoms. The molecule has 1 aliphatic heterocycles. The molecule has 3 aromatic rings. The molecule has 0 N–H and O–H groups in total. The molecule has 1 saturated heterocycles. The van der Waals surface area contributed by atoms with Crippen molar-refractivity contribution >= 4 is 34.6 Å². The van der Waals surface area contributed by atoms with Gasteiger partial charge in [0, 0.05) is 0 Å². The van der Waals surface area contributed by atoms with Gasteiger partial charge in [-0.1, -0.05) is 30.3 Å². The zero-order valence-corrected chi connectivity index (χ0v) is 15.6. The molecule has 1 amide bonds. The number of nitriles is 1. The largest absolute Gasteiger partial charge is 0.467 e. The maximum Gasteiger partial charge on any atom is 0.267 e. The summed E-state index contributed by atoms with van der Waals surface area (Å²) in [5, 5.41) is 9.54. The van der Waals surface area contributed by atoms with Crippen LogP contribution in [0.2, 0.25) is 0 Å². The Labute approximate surface area is 166 Å². The Morgan fingerprint density at radius 2 is 1.86 bits per heavy atom. The molecule has 6 heteroatoms. The number of nitrogens with zero attached hydrogens (tertiary/aromatic N) is 3. The van der Waals surface area contributed by atoms with Crippen LogP contribution in [0.25, 0.3) is 6.08 Å². The van der Waals surface area contributed by atoms with Gasteiger partial charge in [0.25, 0.3) is 5.91 Å². The van der Waals surface area contributed by atoms with Crippen molar-refractivity contribution in [2.24, 2.45) is 4.99 Å². The van der Waals surface area contributed by atoms with Crippen LogP contribution in [0.3, 0.4) is 0 Å². The number of thioether (sulfide) groups is 1. The van der Waals surface area contributed by atoms with E-state index in [4.69, 9.17) is 9.68 Å². The minimum absolute atomic E-state index is 0.125. The molecule has 136 valence electrons. The standard InChI is InChI=1S/C22H15N3O2S/c23-14-17-10-8-16(9-11-17)13-20-21(26)25(15-19-7-4-12-27-19)22(28-20)24-18-5-2-1-3-6-18/h1-13H,15H2/b20-13-,24-22?. The smallest absolute Gasteiger partial charge is 0.267 e. The van der Waals surface area contributed by atoms with Gasteiger partial charge in [0.15, 0.2) is 5.17 Å². The van der Waals surface area contributed by atoms with Gasteiger partial charge in [0.2, 0.25) is 0 Å². The number of carbonyl (C=O) groups is 1. The molecule has 0 radical (unpaired) electrons. The minimum atomic E-state index is -0.125. The molecule has 4 rings (SSSR count). The first-order chi connectivity index (χ1) is 13.7. The van der Waals surface area contributed by atoms with Gasteiger partial charge in [-0.2, -0.15) is 5.26 Å². The molecule has 1 aromatic heterocycles. The van der Waals surface area contributed by atoms with Crippen LogP contribution in [0.5, 0.6) is 0 Å². The highest BCUT2D eigenvalue weighted by Gasteiger charge is 2.34. The van der Waals surface area contributed by atoms with Crippen molar-refractivity contribution in [3.8, 4) is 6.07 Å². The summed E-state index contributed by atoms with van der Waals surface area (Å²) in [5.74, 6) is 0.565. The number of carbonyl (C=O) groups excluding carboxylic acids is 1. The van der Waals surface area contributed by atoms with Crippen molar-refractivity contribution in [1.29, 1.82) is 5.26 Å². The highest BCUT2D eigenvalue weighted by atomic mass is 32.2. The van der Waals surface area contributed by atoms with Crippen LogP contribution in [0, 0.1) is 11.3 Å². The Morgan fingerprint density at radius 3 is 2.54 bits per heavy atom. The molecule has 0 saturated carbocycles. The zero-order chi connectivity index (χ0) is 19.3. The number of rotatable bonds is 4. The van der Waals surface area contributed by atoms with E-state index in [1.165, 1.54) is 11.8 Å². The van der Waals surface area contributed by atoms with Crippen molar-refractivity contribution in [3.63, 3.8) is 0 Å². The van der Waals surface area contributed by atoms with Gasteiger partial charge in [-0.3, -0.25) is 9.69 Å². The Bertz CT molecular complexity index is 1080. The molecule has 0 spiro atoms. The van der Waals surface area contributed by atoms with Crippen LogP contribution in [0.4, 0.5) is 5.69 Å². The van der Waals surface area contributed by atoms with E-state index in [0.29, 0.717) is 27.9 Å². The quantitative estimate of drug-likeness (QED) is 0.596. The SMILES string of the molecule is N#Cc1ccc(/C=C2\SC(=Nc3ccccc3)N(Cc3ccco3)C2=O)cc1. The first-order valence-electron chi connectivity index (χ1n) is 8.60. The van der Waals surface area contributed by atoms with Crippen LogP contribution in [0.1, 0.15) is 16.9 Å². The van der Waals surface area contributed by atoms with Crippen LogP contribution >= 0.6 is 11.8 Å². The molecule has 1 aliphatic rings. The normalized spacial score (nSPS) is 16.7. The monoisotopic (exact) mass is 385 g/mol. The lowest BCUT2D eigenvalue weighted by molar-refractivity contribution is -0.122. The van der Waals surface area contributed by atoms with Gasteiger partial charge in [0.1, 0.15) is 5.76 Å². The van der Waals surface area contributed by atoms with Gasteiger partial charge in [-0.15, -0.1) is 0 Å². The summed E-state index contributed by atoms with van der Waals surface area (Å²) in [6.45, 7) is 0.315. The lowest BCUT2D eigenvalue weighted by Crippen LogP contribution is -2.28. The molecule has 5 nitrogen and oxygen atoms in total. The summed E-state index contributed by atoms with van der Waals surface area (Å²) in [6.07, 6.45) is 3.40. The lowest BCUT2D eigenvalue weighted by Gasteiger charge is -2.13. The second kappa shape index (κ2) is 7.99. The van der Waals surface area contributed by atoms with Crippen molar-refractivity contribution in [3.05, 3.63) is 94.8 Å². The predicted molar refractivity (Wildman–Crippen MR) is 110 cm³/mol. The summed E-state index contributed by atoms with van der Waals surface area (Å²) in [7, 11) is 0. The highest BCUT2D eigenvalue weighted by molar-refractivity contribution is 8.18. The second-order valence-corrected chi connectivity index (χ2v) is 7.05. The zero-order valence-electron chi connectivity index (χ0n) is 14.8. The Balaban J connectivity index is 1.67. The van der Waals surface area contributed by atoms with Gasteiger partial charge < -0.3 is 4.42 Å². The summed E-state index contributed by atoms with van der Waals surface area (Å²) in [4.78, 5) is 19.9. The fraction of sp³-hybridized carbons (Fsp3) is 0.0455. The molecular formula is C22H15N3O2S. The Kier molecular flexibility index (Phi) is 5.09. The third-order valence-electron chi connectivity index (χ3n) is 4.10. The van der Waals surface area contributed by atoms with Crippen molar-refractivity contribution in [1.82, 2.24) is 4.90 Å². The third kappa shape index (κ3) is 3.90. The van der Waals surface area contributed by atoms with E-state index >= 15 is 0 Å². The highest BCUT2D eigenvalue weighted by Crippen LogP contribution is 2.35. The summed E-state index contributed by atoms with van der Waals surface area (Å²) < 4.78 is 5.41. The second-order valence-electron chi connectivity index (χ2n) is 6.05. The van der Waals surface area contributed by atoms with Crippen molar-refractivity contribution in [2.45, 2.75) is 6.54 Å². The number of para-hydroxylation sites is 1. The first-order valence-corrected chi connectivity index (χ1v) is 9.42. The summed E-state index contributed by atoms with van der Waals surface area (Å²) >= 11 is 1.33. The van der Waals surface area contributed by atoms with Gasteiger partial charge in [-0.05, 0) is 59.8 Å². The average Bonchev–Trinajstić information content (AvgIpc) is 3.34. The molecule has 2 aromatic carbocycles. The van der Waals surface area contributed by atoms with E-state index in [0.717, 1.165) is 11.3 Å². The van der Waals surface area contributed by atoms with Gasteiger partial charge >= 0.3 is 0 Å². The van der Waals surface area contributed by atoms with Gasteiger partial charge in [-0.25, -0.2) is 4.99 Å². The number of aliphatic imine (C=N–C) groups is 1. The molecule has 28 heavy (non-hydrogen) atoms. The number of benzene rings is 2. The van der Waals surface area contributed by atoms with Crippen LogP contribution < -0.4 is 0 Å². The average molecular weight is 385 g/mol. The number of hydrogen-bond donors (Lipinski definition) is 0. The number of hydrogen-bond acceptors (Lipinski definition) is 5. The van der Waals surface area contributed by atoms with E-state index in [2.05, 4.69) is 11.1 Å². The molecule has 0 atom stereocenters. The Hall–Kier alpha value is -3.56. The van der Waals surface area contributed by atoms with E-state index < -0.39 is 0 Å². The lowest BCUT2D eigenvalue weighted by atomic mass is 10.1. The Morgan fingerprint density at radius 1 is 1.07 bits per heavy atom. The minimum Gasteiger partial charge on any atom is -0.467 e. The molecule has 0 unspecified atom stereocenters.